The summed E-state index contributed by atoms with van der Waals surface area (Å²) in [6.45, 7) is 1.99. The third kappa shape index (κ3) is 4.05. The fourth-order valence-electron chi connectivity index (χ4n) is 2.47. The molecule has 0 fully saturated rings. The van der Waals surface area contributed by atoms with Crippen molar-refractivity contribution in [1.29, 1.82) is 0 Å². The fraction of sp³-hybridized carbons (Fsp3) is 0.278. The minimum Gasteiger partial charge on any atom is -0.493 e. The first-order chi connectivity index (χ1) is 11.0. The zero-order valence-electron chi connectivity index (χ0n) is 13.4. The van der Waals surface area contributed by atoms with Crippen molar-refractivity contribution >= 4 is 21.9 Å². The van der Waals surface area contributed by atoms with Crippen LogP contribution in [-0.2, 0) is 12.8 Å². The van der Waals surface area contributed by atoms with E-state index in [0.717, 1.165) is 34.0 Å². The summed E-state index contributed by atoms with van der Waals surface area (Å²) >= 11 is 3.49. The van der Waals surface area contributed by atoms with Gasteiger partial charge in [-0.2, -0.15) is 0 Å². The first-order valence-electron chi connectivity index (χ1n) is 7.19. The molecule has 0 saturated carbocycles. The van der Waals surface area contributed by atoms with E-state index in [9.17, 15) is 4.79 Å². The fourth-order valence-corrected chi connectivity index (χ4v) is 3.12. The van der Waals surface area contributed by atoms with Crippen LogP contribution < -0.4 is 9.47 Å². The molecule has 0 aliphatic heterocycles. The topological polar surface area (TPSA) is 55.8 Å². The number of aryl methyl sites for hydroxylation is 3. The molecule has 0 aromatic heterocycles. The van der Waals surface area contributed by atoms with Crippen LogP contribution in [0.15, 0.2) is 34.8 Å². The van der Waals surface area contributed by atoms with E-state index in [1.807, 2.05) is 25.1 Å². The van der Waals surface area contributed by atoms with Crippen molar-refractivity contribution < 1.29 is 19.4 Å². The lowest BCUT2D eigenvalue weighted by atomic mass is 9.98. The molecule has 4 nitrogen and oxygen atoms in total. The number of aromatic carboxylic acids is 1. The van der Waals surface area contributed by atoms with Crippen molar-refractivity contribution in [2.45, 2.75) is 19.8 Å². The normalized spacial score (nSPS) is 10.4. The monoisotopic (exact) mass is 378 g/mol. The Morgan fingerprint density at radius 3 is 2.48 bits per heavy atom. The molecule has 23 heavy (non-hydrogen) atoms. The second kappa shape index (κ2) is 7.51. The number of methoxy groups -OCH3 is 2. The van der Waals surface area contributed by atoms with Gasteiger partial charge in [-0.25, -0.2) is 4.79 Å². The van der Waals surface area contributed by atoms with Crippen molar-refractivity contribution in [3.05, 3.63) is 57.1 Å². The van der Waals surface area contributed by atoms with Crippen LogP contribution in [0.2, 0.25) is 0 Å². The number of carbonyl (C=O) groups is 1. The quantitative estimate of drug-likeness (QED) is 0.815. The summed E-state index contributed by atoms with van der Waals surface area (Å²) in [6, 6.07) is 9.17. The molecule has 1 N–H and O–H groups in total. The van der Waals surface area contributed by atoms with E-state index in [-0.39, 0.29) is 0 Å². The lowest BCUT2D eigenvalue weighted by molar-refractivity contribution is 0.0696. The van der Waals surface area contributed by atoms with E-state index in [4.69, 9.17) is 14.6 Å². The van der Waals surface area contributed by atoms with Gasteiger partial charge in [0.05, 0.1) is 24.3 Å². The van der Waals surface area contributed by atoms with Crippen LogP contribution in [-0.4, -0.2) is 25.3 Å². The molecule has 0 atom stereocenters. The number of hydrogen-bond acceptors (Lipinski definition) is 3. The molecule has 2 aromatic carbocycles. The average molecular weight is 379 g/mol. The predicted molar refractivity (Wildman–Crippen MR) is 92.8 cm³/mol. The lowest BCUT2D eigenvalue weighted by Gasteiger charge is -2.13. The zero-order chi connectivity index (χ0) is 17.0. The van der Waals surface area contributed by atoms with Crippen molar-refractivity contribution in [3.8, 4) is 11.5 Å². The van der Waals surface area contributed by atoms with E-state index < -0.39 is 5.97 Å². The number of carboxylic acid groups (broad SMARTS) is 1. The number of carboxylic acids is 1. The Morgan fingerprint density at radius 2 is 1.87 bits per heavy atom. The maximum absolute atomic E-state index is 11.1. The van der Waals surface area contributed by atoms with Crippen LogP contribution in [0.5, 0.6) is 11.5 Å². The average Bonchev–Trinajstić information content (AvgIpc) is 2.53. The Bertz CT molecular complexity index is 725. The van der Waals surface area contributed by atoms with Crippen LogP contribution in [0.1, 0.15) is 27.0 Å². The molecule has 0 amide bonds. The molecule has 0 unspecified atom stereocenters. The van der Waals surface area contributed by atoms with E-state index in [0.29, 0.717) is 17.1 Å². The maximum Gasteiger partial charge on any atom is 0.335 e. The molecule has 5 heteroatoms. The Hall–Kier alpha value is -2.01. The molecule has 0 heterocycles. The molecule has 0 saturated heterocycles. The lowest BCUT2D eigenvalue weighted by Crippen LogP contribution is -2.01. The van der Waals surface area contributed by atoms with Gasteiger partial charge in [-0.1, -0.05) is 6.07 Å². The van der Waals surface area contributed by atoms with Crippen LogP contribution in [0, 0.1) is 6.92 Å². The number of ether oxygens (including phenoxy) is 2. The van der Waals surface area contributed by atoms with Gasteiger partial charge in [0, 0.05) is 0 Å². The van der Waals surface area contributed by atoms with E-state index in [1.54, 1.807) is 26.4 Å². The first kappa shape index (κ1) is 17.3. The highest BCUT2D eigenvalue weighted by Crippen LogP contribution is 2.36. The van der Waals surface area contributed by atoms with Crippen LogP contribution >= 0.6 is 15.9 Å². The Kier molecular flexibility index (Phi) is 5.66. The van der Waals surface area contributed by atoms with Gasteiger partial charge in [-0.15, -0.1) is 0 Å². The summed E-state index contributed by atoms with van der Waals surface area (Å²) in [6.07, 6.45) is 1.54. The molecule has 0 radical (unpaired) electrons. The van der Waals surface area contributed by atoms with Crippen molar-refractivity contribution in [2.24, 2.45) is 0 Å². The molecule has 0 aliphatic rings. The number of hydrogen-bond donors (Lipinski definition) is 1. The zero-order valence-corrected chi connectivity index (χ0v) is 14.9. The smallest absolute Gasteiger partial charge is 0.335 e. The summed E-state index contributed by atoms with van der Waals surface area (Å²) in [5.74, 6) is 0.438. The van der Waals surface area contributed by atoms with Gasteiger partial charge in [0.15, 0.2) is 11.5 Å². The molecular weight excluding hydrogens is 360 g/mol. The van der Waals surface area contributed by atoms with Crippen molar-refractivity contribution in [3.63, 3.8) is 0 Å². The highest BCUT2D eigenvalue weighted by molar-refractivity contribution is 9.10. The molecule has 122 valence electrons. The highest BCUT2D eigenvalue weighted by Gasteiger charge is 2.11. The summed E-state index contributed by atoms with van der Waals surface area (Å²) in [5, 5.41) is 9.11. The van der Waals surface area contributed by atoms with Crippen molar-refractivity contribution in [2.75, 3.05) is 14.2 Å². The van der Waals surface area contributed by atoms with Gasteiger partial charge in [-0.05, 0) is 76.7 Å². The minimum absolute atomic E-state index is 0.319. The second-order valence-corrected chi connectivity index (χ2v) is 6.11. The third-order valence-corrected chi connectivity index (χ3v) is 4.36. The molecule has 2 aromatic rings. The van der Waals surface area contributed by atoms with Crippen LogP contribution in [0.4, 0.5) is 0 Å². The first-order valence-corrected chi connectivity index (χ1v) is 7.98. The van der Waals surface area contributed by atoms with Gasteiger partial charge in [0.2, 0.25) is 0 Å². The van der Waals surface area contributed by atoms with Crippen molar-refractivity contribution in [1.82, 2.24) is 0 Å². The predicted octanol–water partition coefficient (Wildman–Crippen LogP) is 4.26. The van der Waals surface area contributed by atoms with Gasteiger partial charge >= 0.3 is 5.97 Å². The maximum atomic E-state index is 11.1. The molecule has 0 spiro atoms. The van der Waals surface area contributed by atoms with E-state index >= 15 is 0 Å². The number of benzene rings is 2. The van der Waals surface area contributed by atoms with Crippen LogP contribution in [0.25, 0.3) is 0 Å². The highest BCUT2D eigenvalue weighted by atomic mass is 79.9. The van der Waals surface area contributed by atoms with Gasteiger partial charge in [0.25, 0.3) is 0 Å². The molecule has 2 rings (SSSR count). The Morgan fingerprint density at radius 1 is 1.13 bits per heavy atom. The minimum atomic E-state index is -0.903. The van der Waals surface area contributed by atoms with Crippen LogP contribution in [0.3, 0.4) is 0 Å². The van der Waals surface area contributed by atoms with E-state index in [2.05, 4.69) is 15.9 Å². The standard InChI is InChI=1S/C18H19BrO4/c1-11-4-6-14(18(20)21)10-13(11)7-5-12-8-15(19)17(23-3)16(9-12)22-2/h4,6,8-10H,5,7H2,1-3H3,(H,20,21). The SMILES string of the molecule is COc1cc(CCc2cc(C(=O)O)ccc2C)cc(Br)c1OC. The number of halogens is 1. The molecular formula is C18H19BrO4. The summed E-state index contributed by atoms with van der Waals surface area (Å²) in [4.78, 5) is 11.1. The summed E-state index contributed by atoms with van der Waals surface area (Å²) in [5.41, 5.74) is 3.54. The Balaban J connectivity index is 2.23. The Labute approximate surface area is 144 Å². The third-order valence-electron chi connectivity index (χ3n) is 3.77. The summed E-state index contributed by atoms with van der Waals surface area (Å²) < 4.78 is 11.5. The second-order valence-electron chi connectivity index (χ2n) is 5.26. The molecule has 0 aliphatic carbocycles. The van der Waals surface area contributed by atoms with E-state index in [1.165, 1.54) is 0 Å². The number of rotatable bonds is 6. The van der Waals surface area contributed by atoms with Gasteiger partial charge < -0.3 is 14.6 Å². The largest absolute Gasteiger partial charge is 0.493 e. The molecule has 0 bridgehead atoms. The van der Waals surface area contributed by atoms with Gasteiger partial charge in [-0.3, -0.25) is 0 Å². The summed E-state index contributed by atoms with van der Waals surface area (Å²) in [7, 11) is 3.21. The van der Waals surface area contributed by atoms with Gasteiger partial charge in [0.1, 0.15) is 0 Å².